The van der Waals surface area contributed by atoms with Gasteiger partial charge in [-0.15, -0.1) is 0 Å². The summed E-state index contributed by atoms with van der Waals surface area (Å²) < 4.78 is 5.19. The Kier molecular flexibility index (Phi) is 5.45. The Morgan fingerprint density at radius 1 is 1.31 bits per heavy atom. The first-order valence-corrected chi connectivity index (χ1v) is 5.12. The normalized spacial score (nSPS) is 12.1. The van der Waals surface area contributed by atoms with E-state index in [9.17, 15) is 5.21 Å². The topological polar surface area (TPSA) is 50.9 Å². The molecule has 1 aromatic carbocycles. The van der Waals surface area contributed by atoms with Crippen LogP contribution in [0.15, 0.2) is 35.4 Å². The predicted octanol–water partition coefficient (Wildman–Crippen LogP) is 1.82. The maximum Gasteiger partial charge on any atom is 0.244 e. The molecule has 0 aliphatic rings. The summed E-state index contributed by atoms with van der Waals surface area (Å²) in [4.78, 5) is 2.59. The first kappa shape index (κ1) is 12.6. The smallest absolute Gasteiger partial charge is 0.244 e. The van der Waals surface area contributed by atoms with E-state index < -0.39 is 0 Å². The molecule has 0 atom stereocenters. The lowest BCUT2D eigenvalue weighted by Crippen LogP contribution is -2.18. The number of para-hydroxylation sites is 1. The number of hydrogen-bond acceptors (Lipinski definition) is 4. The van der Waals surface area contributed by atoms with Crippen LogP contribution in [0.2, 0.25) is 0 Å². The number of benzene rings is 1. The van der Waals surface area contributed by atoms with Crippen molar-refractivity contribution in [1.29, 1.82) is 0 Å². The maximum absolute atomic E-state index is 11.4. The Balaban J connectivity index is 2.29. The fourth-order valence-electron chi connectivity index (χ4n) is 1.04. The zero-order chi connectivity index (χ0) is 11.8. The molecule has 88 valence electrons. The Morgan fingerprint density at radius 2 is 2.00 bits per heavy atom. The lowest BCUT2D eigenvalue weighted by atomic mass is 10.3. The second-order valence-corrected chi connectivity index (χ2v) is 3.59. The Labute approximate surface area is 95.5 Å². The molecule has 5 heteroatoms. The molecule has 0 aliphatic carbocycles. The molecule has 0 aromatic heterocycles. The summed E-state index contributed by atoms with van der Waals surface area (Å²) in [6.45, 7) is 1.48. The van der Waals surface area contributed by atoms with Crippen LogP contribution in [-0.2, 0) is 4.74 Å². The van der Waals surface area contributed by atoms with E-state index in [4.69, 9.17) is 4.74 Å². The van der Waals surface area contributed by atoms with Gasteiger partial charge in [0.25, 0.3) is 0 Å². The number of ether oxygens (including phenoxy) is 1. The predicted molar refractivity (Wildman–Crippen MR) is 61.5 cm³/mol. The van der Waals surface area contributed by atoms with Gasteiger partial charge in [0.05, 0.1) is 6.61 Å². The first-order valence-electron chi connectivity index (χ1n) is 5.12. The molecule has 1 aromatic rings. The Hall–Kier alpha value is -1.46. The minimum Gasteiger partial charge on any atom is -0.594 e. The third kappa shape index (κ3) is 4.86. The van der Waals surface area contributed by atoms with E-state index in [1.807, 2.05) is 25.1 Å². The summed E-state index contributed by atoms with van der Waals surface area (Å²) in [7, 11) is 3.93. The molecule has 0 amide bonds. The number of azo groups is 1. The molecule has 0 bridgehead atoms. The second-order valence-electron chi connectivity index (χ2n) is 3.59. The molecule has 0 saturated carbocycles. The molecule has 0 radical (unpaired) electrons. The van der Waals surface area contributed by atoms with Crippen molar-refractivity contribution in [2.75, 3.05) is 34.0 Å². The van der Waals surface area contributed by atoms with E-state index in [0.717, 1.165) is 6.54 Å². The van der Waals surface area contributed by atoms with Gasteiger partial charge in [-0.1, -0.05) is 23.1 Å². The lowest BCUT2D eigenvalue weighted by molar-refractivity contribution is -0.447. The van der Waals surface area contributed by atoms with Crippen LogP contribution >= 0.6 is 0 Å². The van der Waals surface area contributed by atoms with Crippen molar-refractivity contribution in [3.8, 4) is 0 Å². The van der Waals surface area contributed by atoms with E-state index in [2.05, 4.69) is 5.11 Å². The monoisotopic (exact) mass is 223 g/mol. The van der Waals surface area contributed by atoms with Crippen LogP contribution in [0.3, 0.4) is 0 Å². The summed E-state index contributed by atoms with van der Waals surface area (Å²) in [5.41, 5.74) is 0.513. The quantitative estimate of drug-likeness (QED) is 0.320. The molecular weight excluding hydrogens is 206 g/mol. The molecule has 5 nitrogen and oxygen atoms in total. The Bertz CT molecular complexity index is 325. The van der Waals surface area contributed by atoms with E-state index in [1.165, 1.54) is 0 Å². The van der Waals surface area contributed by atoms with Crippen LogP contribution in [-0.4, -0.2) is 43.7 Å². The van der Waals surface area contributed by atoms with Crippen molar-refractivity contribution in [3.63, 3.8) is 0 Å². The van der Waals surface area contributed by atoms with Crippen LogP contribution in [0.5, 0.6) is 0 Å². The molecule has 0 spiro atoms. The molecule has 16 heavy (non-hydrogen) atoms. The largest absolute Gasteiger partial charge is 0.594 e. The van der Waals surface area contributed by atoms with Crippen molar-refractivity contribution in [3.05, 3.63) is 35.5 Å². The molecule has 0 unspecified atom stereocenters. The summed E-state index contributed by atoms with van der Waals surface area (Å²) in [5, 5.41) is 15.1. The average Bonchev–Trinajstić information content (AvgIpc) is 2.29. The van der Waals surface area contributed by atoms with Gasteiger partial charge in [-0.3, -0.25) is 0 Å². The van der Waals surface area contributed by atoms with E-state index in [-0.39, 0.29) is 6.73 Å². The van der Waals surface area contributed by atoms with Gasteiger partial charge in [-0.05, 0) is 14.1 Å². The molecule has 0 fully saturated rings. The van der Waals surface area contributed by atoms with Gasteiger partial charge in [0.2, 0.25) is 12.4 Å². The van der Waals surface area contributed by atoms with E-state index in [0.29, 0.717) is 17.2 Å². The van der Waals surface area contributed by atoms with Crippen molar-refractivity contribution in [2.24, 2.45) is 5.11 Å². The molecular formula is C11H17N3O2. The second kappa shape index (κ2) is 6.92. The first-order chi connectivity index (χ1) is 7.70. The molecule has 1 rings (SSSR count). The van der Waals surface area contributed by atoms with Gasteiger partial charge in [-0.25, -0.2) is 0 Å². The minimum atomic E-state index is 0.0895. The molecule has 0 N–H and O–H groups in total. The average molecular weight is 223 g/mol. The van der Waals surface area contributed by atoms with Crippen LogP contribution in [0.25, 0.3) is 0 Å². The SMILES string of the molecule is CN(C)CCOCN=[N+]([O-])c1ccccc1. The third-order valence-corrected chi connectivity index (χ3v) is 1.94. The van der Waals surface area contributed by atoms with Crippen molar-refractivity contribution in [2.45, 2.75) is 0 Å². The number of likely N-dealkylation sites (N-methyl/N-ethyl adjacent to an activating group) is 1. The fraction of sp³-hybridized carbons (Fsp3) is 0.455. The number of hydrogen-bond donors (Lipinski definition) is 0. The van der Waals surface area contributed by atoms with Crippen molar-refractivity contribution < 1.29 is 9.60 Å². The lowest BCUT2D eigenvalue weighted by Gasteiger charge is -2.07. The van der Waals surface area contributed by atoms with Gasteiger partial charge >= 0.3 is 0 Å². The van der Waals surface area contributed by atoms with Crippen molar-refractivity contribution in [1.82, 2.24) is 4.90 Å². The highest BCUT2D eigenvalue weighted by Crippen LogP contribution is 2.09. The minimum absolute atomic E-state index is 0.0895. The summed E-state index contributed by atoms with van der Waals surface area (Å²) in [6.07, 6.45) is 0. The van der Waals surface area contributed by atoms with Crippen LogP contribution < -0.4 is 0 Å². The number of nitrogens with zero attached hydrogens (tertiary/aromatic N) is 3. The summed E-state index contributed by atoms with van der Waals surface area (Å²) >= 11 is 0. The highest BCUT2D eigenvalue weighted by atomic mass is 16.5. The van der Waals surface area contributed by atoms with Crippen LogP contribution in [0.1, 0.15) is 0 Å². The van der Waals surface area contributed by atoms with Gasteiger partial charge in [-0.2, -0.15) is 0 Å². The number of rotatable bonds is 6. The van der Waals surface area contributed by atoms with Gasteiger partial charge in [0.1, 0.15) is 0 Å². The highest BCUT2D eigenvalue weighted by molar-refractivity contribution is 5.27. The fourth-order valence-corrected chi connectivity index (χ4v) is 1.04. The van der Waals surface area contributed by atoms with Gasteiger partial charge in [0, 0.05) is 23.8 Å². The van der Waals surface area contributed by atoms with Crippen molar-refractivity contribution >= 4 is 5.69 Å². The van der Waals surface area contributed by atoms with Crippen LogP contribution in [0.4, 0.5) is 5.69 Å². The Morgan fingerprint density at radius 3 is 2.62 bits per heavy atom. The maximum atomic E-state index is 11.4. The zero-order valence-corrected chi connectivity index (χ0v) is 9.67. The summed E-state index contributed by atoms with van der Waals surface area (Å²) in [5.74, 6) is 0. The highest BCUT2D eigenvalue weighted by Gasteiger charge is 2.00. The van der Waals surface area contributed by atoms with Gasteiger partial charge < -0.3 is 14.8 Å². The molecule has 0 saturated heterocycles. The standard InChI is InChI=1S/C11H17N3O2/c1-13(2)8-9-16-10-12-14(15)11-6-4-3-5-7-11/h3-7H,8-10H2,1-2H3. The third-order valence-electron chi connectivity index (χ3n) is 1.94. The van der Waals surface area contributed by atoms with E-state index in [1.54, 1.807) is 24.3 Å². The molecule has 0 aliphatic heterocycles. The molecule has 0 heterocycles. The van der Waals surface area contributed by atoms with Crippen LogP contribution in [0, 0.1) is 5.21 Å². The summed E-state index contributed by atoms with van der Waals surface area (Å²) in [6, 6.07) is 8.85. The van der Waals surface area contributed by atoms with E-state index >= 15 is 0 Å². The van der Waals surface area contributed by atoms with Gasteiger partial charge in [0.15, 0.2) is 0 Å². The zero-order valence-electron chi connectivity index (χ0n) is 9.67.